The molecule has 0 atom stereocenters. The maximum atomic E-state index is 13.7. The third-order valence-electron chi connectivity index (χ3n) is 7.26. The zero-order valence-corrected chi connectivity index (χ0v) is 23.1. The molecule has 5 rings (SSSR count). The Balaban J connectivity index is 0.00000169. The number of quaternary nitrogens is 2. The smallest absolute Gasteiger partial charge is 0.286 e. The molecule has 5 N–H and O–H groups in total. The van der Waals surface area contributed by atoms with Crippen molar-refractivity contribution in [1.82, 2.24) is 0 Å². The van der Waals surface area contributed by atoms with Crippen LogP contribution in [0.5, 0.6) is 0 Å². The number of hydrogen-bond donors (Lipinski definition) is 3. The number of nitrogens with zero attached hydrogens (tertiary/aromatic N) is 1. The van der Waals surface area contributed by atoms with Gasteiger partial charge in [-0.3, -0.25) is 14.5 Å². The number of halogens is 2. The van der Waals surface area contributed by atoms with Crippen LogP contribution >= 0.6 is 0 Å². The van der Waals surface area contributed by atoms with Gasteiger partial charge in [0.25, 0.3) is 5.91 Å². The van der Waals surface area contributed by atoms with Gasteiger partial charge in [-0.1, -0.05) is 24.3 Å². The molecular weight excluding hydrogens is 531 g/mol. The number of carbonyl (C=O) groups is 2. The number of para-hydroxylation sites is 1. The van der Waals surface area contributed by atoms with E-state index in [0.717, 1.165) is 81.4 Å². The fraction of sp³-hybridized carbons (Fsp3) is 0.481. The van der Waals surface area contributed by atoms with Gasteiger partial charge in [-0.2, -0.15) is 0 Å². The van der Waals surface area contributed by atoms with Crippen molar-refractivity contribution < 1.29 is 59.2 Å². The number of amides is 2. The van der Waals surface area contributed by atoms with E-state index >= 15 is 0 Å². The fourth-order valence-electron chi connectivity index (χ4n) is 5.22. The van der Waals surface area contributed by atoms with Gasteiger partial charge in [0.05, 0.1) is 50.8 Å². The van der Waals surface area contributed by atoms with Crippen molar-refractivity contribution in [2.75, 3.05) is 75.9 Å². The number of hydrogen-bond acceptors (Lipinski definition) is 4. The minimum absolute atomic E-state index is 0. The van der Waals surface area contributed by atoms with Crippen molar-refractivity contribution in [3.8, 4) is 0 Å². The van der Waals surface area contributed by atoms with E-state index in [-0.39, 0.29) is 42.1 Å². The van der Waals surface area contributed by atoms with Crippen LogP contribution in [0.3, 0.4) is 0 Å². The molecule has 0 bridgehead atoms. The van der Waals surface area contributed by atoms with Crippen LogP contribution in [0.1, 0.15) is 17.5 Å². The molecule has 3 aliphatic rings. The first-order valence-corrected chi connectivity index (χ1v) is 12.8. The van der Waals surface area contributed by atoms with Crippen LogP contribution in [0.2, 0.25) is 0 Å². The highest BCUT2D eigenvalue weighted by Gasteiger charge is 2.29. The van der Waals surface area contributed by atoms with Crippen LogP contribution < -0.4 is 44.8 Å². The number of rotatable bonds is 6. The van der Waals surface area contributed by atoms with E-state index in [1.807, 2.05) is 35.2 Å². The van der Waals surface area contributed by atoms with Crippen LogP contribution in [0, 0.1) is 0 Å². The summed E-state index contributed by atoms with van der Waals surface area (Å²) < 4.78 is 10.9. The van der Waals surface area contributed by atoms with Gasteiger partial charge in [0, 0.05) is 5.69 Å². The van der Waals surface area contributed by atoms with Crippen molar-refractivity contribution in [3.63, 3.8) is 0 Å². The molecule has 0 radical (unpaired) electrons. The molecule has 38 heavy (non-hydrogen) atoms. The van der Waals surface area contributed by atoms with E-state index in [2.05, 4.69) is 17.4 Å². The first-order chi connectivity index (χ1) is 17.2. The van der Waals surface area contributed by atoms with E-state index in [9.17, 15) is 9.59 Å². The molecule has 3 heterocycles. The summed E-state index contributed by atoms with van der Waals surface area (Å²) in [4.78, 5) is 31.0. The quantitative estimate of drug-likeness (QED) is 0.322. The minimum Gasteiger partial charge on any atom is -1.00 e. The van der Waals surface area contributed by atoms with Crippen molar-refractivity contribution in [3.05, 3.63) is 53.6 Å². The third-order valence-corrected chi connectivity index (χ3v) is 7.26. The average molecular weight is 570 g/mol. The summed E-state index contributed by atoms with van der Waals surface area (Å²) in [5.41, 5.74) is 4.87. The molecule has 0 aromatic heterocycles. The highest BCUT2D eigenvalue weighted by Crippen LogP contribution is 2.37. The molecule has 2 aromatic carbocycles. The first kappa shape index (κ1) is 32.0. The molecule has 0 aliphatic carbocycles. The second-order valence-corrected chi connectivity index (χ2v) is 9.65. The predicted molar refractivity (Wildman–Crippen MR) is 137 cm³/mol. The Hall–Kier alpha value is -2.24. The molecule has 9 nitrogen and oxygen atoms in total. The maximum Gasteiger partial charge on any atom is 0.286 e. The van der Waals surface area contributed by atoms with E-state index in [1.54, 1.807) is 0 Å². The monoisotopic (exact) mass is 568 g/mol. The van der Waals surface area contributed by atoms with Gasteiger partial charge < -0.3 is 54.9 Å². The second-order valence-electron chi connectivity index (χ2n) is 9.65. The van der Waals surface area contributed by atoms with Crippen molar-refractivity contribution in [2.45, 2.75) is 19.3 Å². The van der Waals surface area contributed by atoms with Crippen LogP contribution in [0.15, 0.2) is 42.5 Å². The van der Waals surface area contributed by atoms with Crippen LogP contribution in [0.4, 0.5) is 17.1 Å². The molecule has 2 aromatic rings. The number of aryl methyl sites for hydroxylation is 2. The molecule has 0 saturated carbocycles. The van der Waals surface area contributed by atoms with Crippen LogP contribution in [-0.2, 0) is 31.9 Å². The molecule has 2 fully saturated rings. The highest BCUT2D eigenvalue weighted by atomic mass is 35.5. The number of anilines is 3. The van der Waals surface area contributed by atoms with Gasteiger partial charge in [0.1, 0.15) is 26.2 Å². The Labute approximate surface area is 236 Å². The number of carbonyl (C=O) groups excluding carboxylic acids is 2. The Bertz CT molecular complexity index is 1060. The molecule has 210 valence electrons. The first-order valence-electron chi connectivity index (χ1n) is 12.8. The summed E-state index contributed by atoms with van der Waals surface area (Å²) in [7, 11) is 0. The van der Waals surface area contributed by atoms with Crippen LogP contribution in [-0.4, -0.2) is 83.0 Å². The summed E-state index contributed by atoms with van der Waals surface area (Å²) in [5.74, 6) is 0.0884. The molecule has 11 heteroatoms. The lowest BCUT2D eigenvalue weighted by atomic mass is 10.0. The van der Waals surface area contributed by atoms with Crippen molar-refractivity contribution in [2.24, 2.45) is 0 Å². The van der Waals surface area contributed by atoms with E-state index < -0.39 is 0 Å². The van der Waals surface area contributed by atoms with Gasteiger partial charge in [0.2, 0.25) is 5.91 Å². The molecular formula is C27H38Cl2N4O5. The minimum atomic E-state index is 0. The maximum absolute atomic E-state index is 13.7. The van der Waals surface area contributed by atoms with Gasteiger partial charge in [-0.25, -0.2) is 0 Å². The number of fused-ring (bicyclic) bond motifs is 2. The summed E-state index contributed by atoms with van der Waals surface area (Å²) in [6.45, 7) is 7.73. The lowest BCUT2D eigenvalue weighted by molar-refractivity contribution is -0.907. The number of benzene rings is 2. The van der Waals surface area contributed by atoms with Gasteiger partial charge in [-0.15, -0.1) is 0 Å². The van der Waals surface area contributed by atoms with E-state index in [4.69, 9.17) is 9.47 Å². The largest absolute Gasteiger partial charge is 1.00 e. The topological polar surface area (TPSA) is 108 Å². The molecule has 0 spiro atoms. The van der Waals surface area contributed by atoms with Gasteiger partial charge in [0.15, 0.2) is 6.54 Å². The summed E-state index contributed by atoms with van der Waals surface area (Å²) in [5, 5.41) is 3.07. The third kappa shape index (κ3) is 7.89. The Morgan fingerprint density at radius 1 is 0.816 bits per heavy atom. The Kier molecular flexibility index (Phi) is 12.9. The standard InChI is InChI=1S/C27H34N4O4.2ClH.H2O/c32-26(9-10-29-11-15-34-16-12-29)28-23-8-7-22-6-5-21-3-1-2-4-24(21)31(25(22)19-23)27(33)20-30-13-17-35-18-14-30;;;/h1-4,7-8,19H,5-6,9-18,20H2,(H,28,32);2*1H;1H2. The van der Waals surface area contributed by atoms with Gasteiger partial charge >= 0.3 is 0 Å². The molecule has 2 amide bonds. The van der Waals surface area contributed by atoms with Crippen molar-refractivity contribution >= 4 is 28.9 Å². The van der Waals surface area contributed by atoms with Crippen LogP contribution in [0.25, 0.3) is 0 Å². The number of nitrogens with one attached hydrogen (secondary N) is 3. The second kappa shape index (κ2) is 15.4. The highest BCUT2D eigenvalue weighted by molar-refractivity contribution is 6.03. The Morgan fingerprint density at radius 2 is 1.42 bits per heavy atom. The summed E-state index contributed by atoms with van der Waals surface area (Å²) in [6.07, 6.45) is 2.21. The normalized spacial score (nSPS) is 17.4. The lowest BCUT2D eigenvalue weighted by Crippen LogP contribution is -3.15. The Morgan fingerprint density at radius 3 is 2.11 bits per heavy atom. The van der Waals surface area contributed by atoms with E-state index in [1.165, 1.54) is 15.4 Å². The molecule has 2 saturated heterocycles. The van der Waals surface area contributed by atoms with Crippen molar-refractivity contribution in [1.29, 1.82) is 0 Å². The SMILES string of the molecule is O.O=C(CC[NH+]1CCOCC1)Nc1ccc2c(c1)N(C(=O)C[NH+]1CCOCC1)c1ccccc1CC2.[Cl-].[Cl-]. The zero-order valence-electron chi connectivity index (χ0n) is 21.6. The van der Waals surface area contributed by atoms with Gasteiger partial charge in [-0.05, 0) is 42.2 Å². The fourth-order valence-corrected chi connectivity index (χ4v) is 5.22. The average Bonchev–Trinajstić information content (AvgIpc) is 3.05. The predicted octanol–water partition coefficient (Wildman–Crippen LogP) is -7.21. The number of ether oxygens (including phenoxy) is 2. The molecule has 3 aliphatic heterocycles. The summed E-state index contributed by atoms with van der Waals surface area (Å²) in [6, 6.07) is 14.2. The lowest BCUT2D eigenvalue weighted by Gasteiger charge is -2.29. The molecule has 0 unspecified atom stereocenters. The zero-order chi connectivity index (χ0) is 24.0. The summed E-state index contributed by atoms with van der Waals surface area (Å²) >= 11 is 0. The van der Waals surface area contributed by atoms with E-state index in [0.29, 0.717) is 26.2 Å². The number of morpholine rings is 2.